The van der Waals surface area contributed by atoms with E-state index in [4.69, 9.17) is 11.6 Å². The van der Waals surface area contributed by atoms with Crippen molar-refractivity contribution >= 4 is 17.6 Å². The van der Waals surface area contributed by atoms with Gasteiger partial charge in [0.2, 0.25) is 0 Å². The summed E-state index contributed by atoms with van der Waals surface area (Å²) in [6.45, 7) is 0.0310. The Kier molecular flexibility index (Phi) is 4.78. The molecule has 11 heteroatoms. The first-order valence-electron chi connectivity index (χ1n) is 7.81. The molecule has 0 bridgehead atoms. The largest absolute Gasteiger partial charge is 0.480 e. The highest BCUT2D eigenvalue weighted by atomic mass is 35.5. The molecule has 1 aliphatic heterocycles. The number of hydrogen-bond donors (Lipinski definition) is 1. The average molecular weight is 391 g/mol. The molecule has 140 valence electrons. The molecule has 0 amide bonds. The molecule has 1 atom stereocenters. The van der Waals surface area contributed by atoms with Crippen molar-refractivity contribution in [2.24, 2.45) is 0 Å². The molecule has 1 N–H and O–H groups in total. The van der Waals surface area contributed by atoms with Gasteiger partial charge in [-0.3, -0.25) is 9.55 Å². The average Bonchev–Trinajstić information content (AvgIpc) is 2.89. The second-order valence-electron chi connectivity index (χ2n) is 5.94. The van der Waals surface area contributed by atoms with E-state index in [1.165, 1.54) is 0 Å². The third-order valence-electron chi connectivity index (χ3n) is 4.22. The lowest BCUT2D eigenvalue weighted by atomic mass is 10.1. The standard InChI is InChI=1S/C15H14ClF3N4O3/c16-9-6-8(15(17,18)19)7-20-10(9)4-5-22-14(26)23-11(13(24)25)2-1-3-12(23)21-22/h6-7,11H,1-5H2,(H,24,25). The van der Waals surface area contributed by atoms with Crippen LogP contribution in [0.5, 0.6) is 0 Å². The molecule has 0 saturated carbocycles. The maximum Gasteiger partial charge on any atom is 0.417 e. The molecule has 2 aromatic heterocycles. The minimum Gasteiger partial charge on any atom is -0.480 e. The highest BCUT2D eigenvalue weighted by molar-refractivity contribution is 6.31. The Morgan fingerprint density at radius 2 is 2.15 bits per heavy atom. The predicted molar refractivity (Wildman–Crippen MR) is 84.1 cm³/mol. The number of pyridine rings is 1. The van der Waals surface area contributed by atoms with Crippen molar-refractivity contribution in [2.75, 3.05) is 0 Å². The number of aryl methyl sites for hydroxylation is 3. The van der Waals surface area contributed by atoms with Gasteiger partial charge in [-0.15, -0.1) is 0 Å². The summed E-state index contributed by atoms with van der Waals surface area (Å²) >= 11 is 5.85. The van der Waals surface area contributed by atoms with Crippen LogP contribution in [0.1, 0.15) is 36.0 Å². The maximum atomic E-state index is 12.6. The number of carbonyl (C=O) groups is 1. The number of rotatable bonds is 4. The summed E-state index contributed by atoms with van der Waals surface area (Å²) in [6, 6.07) is -0.168. The van der Waals surface area contributed by atoms with Crippen LogP contribution in [0.3, 0.4) is 0 Å². The fourth-order valence-corrected chi connectivity index (χ4v) is 3.19. The van der Waals surface area contributed by atoms with E-state index < -0.39 is 29.4 Å². The van der Waals surface area contributed by atoms with Gasteiger partial charge in [-0.05, 0) is 18.9 Å². The van der Waals surface area contributed by atoms with Crippen LogP contribution < -0.4 is 5.69 Å². The summed E-state index contributed by atoms with van der Waals surface area (Å²) in [5, 5.41) is 13.2. The normalized spacial score (nSPS) is 17.2. The van der Waals surface area contributed by atoms with E-state index in [-0.39, 0.29) is 23.7 Å². The van der Waals surface area contributed by atoms with E-state index >= 15 is 0 Å². The van der Waals surface area contributed by atoms with Crippen LogP contribution in [0, 0.1) is 0 Å². The number of hydrogen-bond acceptors (Lipinski definition) is 4. The summed E-state index contributed by atoms with van der Waals surface area (Å²) in [4.78, 5) is 27.4. The Morgan fingerprint density at radius 1 is 1.42 bits per heavy atom. The molecule has 2 aromatic rings. The lowest BCUT2D eigenvalue weighted by Gasteiger charge is -2.19. The third-order valence-corrected chi connectivity index (χ3v) is 4.55. The van der Waals surface area contributed by atoms with Crippen molar-refractivity contribution in [3.8, 4) is 0 Å². The van der Waals surface area contributed by atoms with E-state index in [9.17, 15) is 27.9 Å². The SMILES string of the molecule is O=C(O)C1CCCc2nn(CCc3ncc(C(F)(F)F)cc3Cl)c(=O)n21. The fraction of sp³-hybridized carbons (Fsp3) is 0.467. The van der Waals surface area contributed by atoms with Gasteiger partial charge in [-0.25, -0.2) is 14.3 Å². The molecule has 26 heavy (non-hydrogen) atoms. The van der Waals surface area contributed by atoms with E-state index in [1.807, 2.05) is 0 Å². The number of aliphatic carboxylic acids is 1. The molecule has 3 heterocycles. The summed E-state index contributed by atoms with van der Waals surface area (Å²) < 4.78 is 40.2. The van der Waals surface area contributed by atoms with Crippen LogP contribution in [-0.2, 0) is 30.4 Å². The number of nitrogens with zero attached hydrogens (tertiary/aromatic N) is 4. The van der Waals surface area contributed by atoms with E-state index in [0.717, 1.165) is 15.3 Å². The van der Waals surface area contributed by atoms with Gasteiger partial charge >= 0.3 is 17.8 Å². The Labute approximate surface area is 150 Å². The number of fused-ring (bicyclic) bond motifs is 1. The maximum absolute atomic E-state index is 12.6. The smallest absolute Gasteiger partial charge is 0.417 e. The van der Waals surface area contributed by atoms with Crippen molar-refractivity contribution in [1.29, 1.82) is 0 Å². The van der Waals surface area contributed by atoms with Gasteiger partial charge in [-0.2, -0.15) is 18.3 Å². The molecular formula is C15H14ClF3N4O3. The first kappa shape index (κ1) is 18.4. The van der Waals surface area contributed by atoms with Gasteiger partial charge in [0.05, 0.1) is 22.8 Å². The Bertz CT molecular complexity index is 907. The summed E-state index contributed by atoms with van der Waals surface area (Å²) in [5.41, 5.74) is -1.31. The molecule has 1 unspecified atom stereocenters. The van der Waals surface area contributed by atoms with Crippen LogP contribution >= 0.6 is 11.6 Å². The lowest BCUT2D eigenvalue weighted by Crippen LogP contribution is -2.34. The highest BCUT2D eigenvalue weighted by Gasteiger charge is 2.32. The van der Waals surface area contributed by atoms with Gasteiger partial charge < -0.3 is 5.11 Å². The predicted octanol–water partition coefficient (Wildman–Crippen LogP) is 2.32. The fourth-order valence-electron chi connectivity index (χ4n) is 2.93. The van der Waals surface area contributed by atoms with E-state index in [1.54, 1.807) is 0 Å². The van der Waals surface area contributed by atoms with Crippen molar-refractivity contribution in [2.45, 2.75) is 44.4 Å². The van der Waals surface area contributed by atoms with Crippen LogP contribution in [-0.4, -0.2) is 30.4 Å². The summed E-state index contributed by atoms with van der Waals surface area (Å²) in [6.07, 6.45) is -2.32. The first-order chi connectivity index (χ1) is 12.2. The molecule has 0 spiro atoms. The number of carboxylic acid groups (broad SMARTS) is 1. The van der Waals surface area contributed by atoms with E-state index in [2.05, 4.69) is 10.1 Å². The molecule has 3 rings (SSSR count). The molecule has 0 fully saturated rings. The molecule has 0 radical (unpaired) electrons. The molecule has 0 aromatic carbocycles. The molecular weight excluding hydrogens is 377 g/mol. The van der Waals surface area contributed by atoms with Gasteiger partial charge in [0, 0.05) is 19.0 Å². The van der Waals surface area contributed by atoms with Crippen LogP contribution in [0.2, 0.25) is 5.02 Å². The molecule has 0 saturated heterocycles. The van der Waals surface area contributed by atoms with Gasteiger partial charge in [-0.1, -0.05) is 11.6 Å². The van der Waals surface area contributed by atoms with Gasteiger partial charge in [0.25, 0.3) is 0 Å². The number of carboxylic acids is 1. The Hall–Kier alpha value is -2.36. The minimum atomic E-state index is -4.54. The Balaban J connectivity index is 1.81. The van der Waals surface area contributed by atoms with Crippen LogP contribution in [0.25, 0.3) is 0 Å². The quantitative estimate of drug-likeness (QED) is 0.865. The minimum absolute atomic E-state index is 0.0310. The number of alkyl halides is 3. The highest BCUT2D eigenvalue weighted by Crippen LogP contribution is 2.31. The van der Waals surface area contributed by atoms with Crippen LogP contribution in [0.15, 0.2) is 17.1 Å². The zero-order chi connectivity index (χ0) is 19.1. The molecule has 0 aliphatic carbocycles. The number of aromatic nitrogens is 4. The topological polar surface area (TPSA) is 90.0 Å². The van der Waals surface area contributed by atoms with Crippen molar-refractivity contribution < 1.29 is 23.1 Å². The second kappa shape index (κ2) is 6.75. The molecule has 7 nitrogen and oxygen atoms in total. The summed E-state index contributed by atoms with van der Waals surface area (Å²) in [7, 11) is 0. The van der Waals surface area contributed by atoms with E-state index in [0.29, 0.717) is 31.3 Å². The lowest BCUT2D eigenvalue weighted by molar-refractivity contribution is -0.141. The zero-order valence-electron chi connectivity index (χ0n) is 13.3. The van der Waals surface area contributed by atoms with Crippen molar-refractivity contribution in [3.63, 3.8) is 0 Å². The first-order valence-corrected chi connectivity index (χ1v) is 8.19. The van der Waals surface area contributed by atoms with Crippen molar-refractivity contribution in [1.82, 2.24) is 19.3 Å². The zero-order valence-corrected chi connectivity index (χ0v) is 14.1. The van der Waals surface area contributed by atoms with Crippen LogP contribution in [0.4, 0.5) is 13.2 Å². The second-order valence-corrected chi connectivity index (χ2v) is 6.35. The molecule has 1 aliphatic rings. The monoisotopic (exact) mass is 390 g/mol. The number of halogens is 4. The van der Waals surface area contributed by atoms with Crippen molar-refractivity contribution in [3.05, 3.63) is 44.9 Å². The third kappa shape index (κ3) is 3.46. The van der Waals surface area contributed by atoms with Gasteiger partial charge in [0.1, 0.15) is 11.9 Å². The van der Waals surface area contributed by atoms with Gasteiger partial charge in [0.15, 0.2) is 0 Å². The summed E-state index contributed by atoms with van der Waals surface area (Å²) in [5.74, 6) is -0.708. The Morgan fingerprint density at radius 3 is 2.77 bits per heavy atom.